The smallest absolute Gasteiger partial charge is 0.242 e. The molecular formula is C31H40N4O4. The largest absolute Gasteiger partial charge is 0.457 e. The summed E-state index contributed by atoms with van der Waals surface area (Å²) in [6.45, 7) is 6.66. The number of amides is 3. The minimum atomic E-state index is -0.421. The predicted molar refractivity (Wildman–Crippen MR) is 155 cm³/mol. The summed E-state index contributed by atoms with van der Waals surface area (Å²) in [5.74, 6) is 1.20. The summed E-state index contributed by atoms with van der Waals surface area (Å²) in [6, 6.07) is 24.0. The topological polar surface area (TPSA) is 123 Å². The third-order valence-corrected chi connectivity index (χ3v) is 5.62. The minimum Gasteiger partial charge on any atom is -0.457 e. The van der Waals surface area contributed by atoms with Gasteiger partial charge in [-0.1, -0.05) is 56.3 Å². The first-order valence-electron chi connectivity index (χ1n) is 13.4. The molecule has 1 aliphatic rings. The number of nitrogens with two attached hydrogens (primary N) is 1. The number of carbonyl (C=O) groups is 3. The quantitative estimate of drug-likeness (QED) is 0.343. The number of nitrogens with one attached hydrogen (secondary N) is 3. The van der Waals surface area contributed by atoms with Crippen LogP contribution in [-0.4, -0.2) is 30.3 Å². The Morgan fingerprint density at radius 2 is 1.62 bits per heavy atom. The third-order valence-electron chi connectivity index (χ3n) is 5.62. The summed E-state index contributed by atoms with van der Waals surface area (Å²) in [5, 5.41) is 8.34. The Hall–Kier alpha value is -4.17. The maximum atomic E-state index is 12.2. The molecule has 8 nitrogen and oxygen atoms in total. The van der Waals surface area contributed by atoms with Crippen molar-refractivity contribution in [3.05, 3.63) is 90.0 Å². The molecule has 208 valence electrons. The van der Waals surface area contributed by atoms with Crippen LogP contribution in [0.4, 0.5) is 5.69 Å². The number of carbonyl (C=O) groups excluding carboxylic acids is 3. The van der Waals surface area contributed by atoms with E-state index in [0.717, 1.165) is 41.2 Å². The van der Waals surface area contributed by atoms with E-state index in [1.165, 1.54) is 6.92 Å². The molecule has 0 aromatic heterocycles. The lowest BCUT2D eigenvalue weighted by molar-refractivity contribution is -0.128. The van der Waals surface area contributed by atoms with Gasteiger partial charge in [0, 0.05) is 25.7 Å². The van der Waals surface area contributed by atoms with Gasteiger partial charge in [0.2, 0.25) is 17.7 Å². The first-order valence-corrected chi connectivity index (χ1v) is 13.4. The SMILES string of the molecule is CC.CC(=O)Nc1cccc(CN)c1.O=C(Cc1ccc(Oc2ccccc2)cc1)NC1CCCCNC1=O. The molecule has 39 heavy (non-hydrogen) atoms. The van der Waals surface area contributed by atoms with Gasteiger partial charge in [0.15, 0.2) is 0 Å². The second kappa shape index (κ2) is 17.4. The van der Waals surface area contributed by atoms with Gasteiger partial charge in [-0.25, -0.2) is 0 Å². The van der Waals surface area contributed by atoms with Gasteiger partial charge in [0.05, 0.1) is 6.42 Å². The summed E-state index contributed by atoms with van der Waals surface area (Å²) in [6.07, 6.45) is 2.84. The van der Waals surface area contributed by atoms with E-state index >= 15 is 0 Å². The lowest BCUT2D eigenvalue weighted by atomic mass is 10.1. The molecule has 1 fully saturated rings. The number of hydrogen-bond donors (Lipinski definition) is 4. The molecule has 1 atom stereocenters. The van der Waals surface area contributed by atoms with E-state index in [0.29, 0.717) is 19.5 Å². The van der Waals surface area contributed by atoms with Crippen molar-refractivity contribution in [3.63, 3.8) is 0 Å². The first kappa shape index (κ1) is 31.1. The summed E-state index contributed by atoms with van der Waals surface area (Å²) in [4.78, 5) is 34.7. The zero-order valence-electron chi connectivity index (χ0n) is 23.0. The number of anilines is 1. The average Bonchev–Trinajstić information content (AvgIpc) is 3.15. The van der Waals surface area contributed by atoms with Crippen molar-refractivity contribution in [1.82, 2.24) is 10.6 Å². The number of para-hydroxylation sites is 1. The van der Waals surface area contributed by atoms with Gasteiger partial charge in [-0.15, -0.1) is 0 Å². The number of benzene rings is 3. The van der Waals surface area contributed by atoms with Crippen LogP contribution in [-0.2, 0) is 27.3 Å². The van der Waals surface area contributed by atoms with Crippen LogP contribution in [0.2, 0.25) is 0 Å². The molecule has 5 N–H and O–H groups in total. The summed E-state index contributed by atoms with van der Waals surface area (Å²) in [5.41, 5.74) is 8.13. The van der Waals surface area contributed by atoms with E-state index in [4.69, 9.17) is 10.5 Å². The molecule has 0 spiro atoms. The molecule has 0 bridgehead atoms. The highest BCUT2D eigenvalue weighted by atomic mass is 16.5. The van der Waals surface area contributed by atoms with Crippen LogP contribution in [0.1, 0.15) is 51.2 Å². The molecule has 3 aromatic rings. The van der Waals surface area contributed by atoms with Crippen molar-refractivity contribution >= 4 is 23.4 Å². The van der Waals surface area contributed by atoms with Gasteiger partial charge in [-0.3, -0.25) is 14.4 Å². The fourth-order valence-electron chi connectivity index (χ4n) is 3.79. The molecule has 0 aliphatic carbocycles. The molecular weight excluding hydrogens is 492 g/mol. The molecule has 3 aromatic carbocycles. The van der Waals surface area contributed by atoms with E-state index in [2.05, 4.69) is 16.0 Å². The summed E-state index contributed by atoms with van der Waals surface area (Å²) >= 11 is 0. The Balaban J connectivity index is 0.000000320. The van der Waals surface area contributed by atoms with Crippen molar-refractivity contribution in [1.29, 1.82) is 0 Å². The van der Waals surface area contributed by atoms with Crippen LogP contribution in [0.15, 0.2) is 78.9 Å². The fraction of sp³-hybridized carbons (Fsp3) is 0.323. The second-order valence-corrected chi connectivity index (χ2v) is 8.73. The zero-order chi connectivity index (χ0) is 28.5. The molecule has 0 saturated carbocycles. The van der Waals surface area contributed by atoms with Crippen LogP contribution in [0.5, 0.6) is 11.5 Å². The maximum Gasteiger partial charge on any atom is 0.242 e. The molecule has 1 saturated heterocycles. The van der Waals surface area contributed by atoms with E-state index in [1.54, 1.807) is 0 Å². The molecule has 1 unspecified atom stereocenters. The third kappa shape index (κ3) is 11.8. The van der Waals surface area contributed by atoms with Crippen LogP contribution in [0, 0.1) is 0 Å². The lowest BCUT2D eigenvalue weighted by Crippen LogP contribution is -2.45. The summed E-state index contributed by atoms with van der Waals surface area (Å²) in [7, 11) is 0. The van der Waals surface area contributed by atoms with E-state index in [1.807, 2.05) is 92.7 Å². The summed E-state index contributed by atoms with van der Waals surface area (Å²) < 4.78 is 5.73. The average molecular weight is 533 g/mol. The Labute approximate surface area is 231 Å². The van der Waals surface area contributed by atoms with E-state index in [-0.39, 0.29) is 24.1 Å². The first-order chi connectivity index (χ1) is 18.9. The molecule has 8 heteroatoms. The fourth-order valence-corrected chi connectivity index (χ4v) is 3.79. The van der Waals surface area contributed by atoms with Crippen LogP contribution in [0.3, 0.4) is 0 Å². The number of rotatable bonds is 7. The molecule has 0 radical (unpaired) electrons. The molecule has 4 rings (SSSR count). The number of hydrogen-bond acceptors (Lipinski definition) is 5. The lowest BCUT2D eigenvalue weighted by Gasteiger charge is -2.15. The zero-order valence-corrected chi connectivity index (χ0v) is 23.0. The predicted octanol–water partition coefficient (Wildman–Crippen LogP) is 4.94. The van der Waals surface area contributed by atoms with Crippen LogP contribution >= 0.6 is 0 Å². The van der Waals surface area contributed by atoms with Crippen molar-refractivity contribution < 1.29 is 19.1 Å². The Kier molecular flexibility index (Phi) is 13.8. The normalized spacial score (nSPS) is 14.2. The van der Waals surface area contributed by atoms with Crippen molar-refractivity contribution in [2.24, 2.45) is 5.73 Å². The molecule has 3 amide bonds. The van der Waals surface area contributed by atoms with Gasteiger partial charge < -0.3 is 26.4 Å². The standard InChI is InChI=1S/C20H22N2O3.C9H12N2O.C2H6/c23-19(22-18-8-4-5-13-21-20(18)24)14-15-9-11-17(12-10-15)25-16-6-2-1-3-7-16;1-7(12)11-9-4-2-3-8(5-9)6-10;1-2/h1-3,6-7,9-12,18H,4-5,8,13-14H2,(H,21,24)(H,22,23);2-5H,6,10H2,1H3,(H,11,12);1-2H3. The van der Waals surface area contributed by atoms with Crippen LogP contribution in [0.25, 0.3) is 0 Å². The van der Waals surface area contributed by atoms with Crippen LogP contribution < -0.4 is 26.4 Å². The van der Waals surface area contributed by atoms with Gasteiger partial charge in [0.25, 0.3) is 0 Å². The maximum absolute atomic E-state index is 12.2. The second-order valence-electron chi connectivity index (χ2n) is 8.73. The van der Waals surface area contributed by atoms with Crippen molar-refractivity contribution in [2.45, 2.75) is 59.0 Å². The monoisotopic (exact) mass is 532 g/mol. The van der Waals surface area contributed by atoms with Crippen molar-refractivity contribution in [3.8, 4) is 11.5 Å². The Bertz CT molecular complexity index is 1170. The van der Waals surface area contributed by atoms with Gasteiger partial charge in [-0.2, -0.15) is 0 Å². The van der Waals surface area contributed by atoms with Gasteiger partial charge >= 0.3 is 0 Å². The van der Waals surface area contributed by atoms with E-state index in [9.17, 15) is 14.4 Å². The highest BCUT2D eigenvalue weighted by molar-refractivity contribution is 5.89. The van der Waals surface area contributed by atoms with Gasteiger partial charge in [0.1, 0.15) is 17.5 Å². The Morgan fingerprint density at radius 1 is 0.923 bits per heavy atom. The Morgan fingerprint density at radius 3 is 2.28 bits per heavy atom. The molecule has 1 aliphatic heterocycles. The van der Waals surface area contributed by atoms with Crippen molar-refractivity contribution in [2.75, 3.05) is 11.9 Å². The number of ether oxygens (including phenoxy) is 1. The highest BCUT2D eigenvalue weighted by Crippen LogP contribution is 2.21. The minimum absolute atomic E-state index is 0.0656. The van der Waals surface area contributed by atoms with E-state index < -0.39 is 6.04 Å². The highest BCUT2D eigenvalue weighted by Gasteiger charge is 2.22. The molecule has 1 heterocycles. The van der Waals surface area contributed by atoms with Gasteiger partial charge in [-0.05, 0) is 66.8 Å².